The molecule has 24 heavy (non-hydrogen) atoms. The van der Waals surface area contributed by atoms with E-state index in [4.69, 9.17) is 0 Å². The summed E-state index contributed by atoms with van der Waals surface area (Å²) >= 11 is 1.46. The number of rotatable bonds is 3. The van der Waals surface area contributed by atoms with Crippen molar-refractivity contribution in [2.24, 2.45) is 0 Å². The fraction of sp³-hybridized carbons (Fsp3) is 0.312. The fourth-order valence-electron chi connectivity index (χ4n) is 2.66. The summed E-state index contributed by atoms with van der Waals surface area (Å²) in [4.78, 5) is 14.2. The Labute approximate surface area is 144 Å². The van der Waals surface area contributed by atoms with Crippen molar-refractivity contribution in [1.82, 2.24) is 9.21 Å². The van der Waals surface area contributed by atoms with Crippen LogP contribution in [0.15, 0.2) is 46.0 Å². The van der Waals surface area contributed by atoms with E-state index in [1.165, 1.54) is 27.8 Å². The van der Waals surface area contributed by atoms with Crippen LogP contribution < -0.4 is 0 Å². The normalized spacial score (nSPS) is 16.8. The third kappa shape index (κ3) is 3.50. The van der Waals surface area contributed by atoms with Gasteiger partial charge in [-0.15, -0.1) is 0 Å². The largest absolute Gasteiger partial charge is 0.337 e. The topological polar surface area (TPSA) is 57.7 Å². The highest BCUT2D eigenvalue weighted by Crippen LogP contribution is 2.19. The first-order valence-corrected chi connectivity index (χ1v) is 9.94. The van der Waals surface area contributed by atoms with Crippen LogP contribution in [0.5, 0.6) is 0 Å². The average molecular weight is 368 g/mol. The van der Waals surface area contributed by atoms with E-state index in [1.807, 2.05) is 5.38 Å². The molecule has 3 rings (SSSR count). The summed E-state index contributed by atoms with van der Waals surface area (Å²) in [5.41, 5.74) is 0.634. The molecular formula is C16H17FN2O3S2. The Kier molecular flexibility index (Phi) is 4.98. The van der Waals surface area contributed by atoms with Crippen LogP contribution in [0.25, 0.3) is 0 Å². The zero-order chi connectivity index (χ0) is 17.2. The minimum absolute atomic E-state index is 0.0708. The molecule has 0 N–H and O–H groups in total. The van der Waals surface area contributed by atoms with Crippen molar-refractivity contribution in [3.8, 4) is 0 Å². The monoisotopic (exact) mass is 368 g/mol. The third-order valence-electron chi connectivity index (χ3n) is 3.96. The van der Waals surface area contributed by atoms with Crippen molar-refractivity contribution in [3.05, 3.63) is 52.5 Å². The third-order valence-corrected chi connectivity index (χ3v) is 6.56. The maximum absolute atomic E-state index is 13.0. The Morgan fingerprint density at radius 3 is 2.46 bits per heavy atom. The highest BCUT2D eigenvalue weighted by Gasteiger charge is 2.28. The molecule has 1 amide bonds. The van der Waals surface area contributed by atoms with E-state index in [2.05, 4.69) is 0 Å². The maximum atomic E-state index is 13.0. The van der Waals surface area contributed by atoms with Crippen molar-refractivity contribution >= 4 is 27.3 Å². The van der Waals surface area contributed by atoms with Gasteiger partial charge in [0.25, 0.3) is 5.91 Å². The van der Waals surface area contributed by atoms with Crippen LogP contribution in [0.2, 0.25) is 0 Å². The van der Waals surface area contributed by atoms with Gasteiger partial charge in [-0.3, -0.25) is 4.79 Å². The van der Waals surface area contributed by atoms with Crippen LogP contribution >= 0.6 is 11.3 Å². The van der Waals surface area contributed by atoms with E-state index in [-0.39, 0.29) is 17.3 Å². The van der Waals surface area contributed by atoms with Crippen LogP contribution in [0.1, 0.15) is 16.8 Å². The molecule has 8 heteroatoms. The summed E-state index contributed by atoms with van der Waals surface area (Å²) in [5, 5.41) is 3.64. The number of amides is 1. The second-order valence-electron chi connectivity index (χ2n) is 5.52. The summed E-state index contributed by atoms with van der Waals surface area (Å²) in [7, 11) is -3.67. The average Bonchev–Trinajstić information content (AvgIpc) is 2.98. The lowest BCUT2D eigenvalue weighted by molar-refractivity contribution is 0.0765. The Morgan fingerprint density at radius 1 is 1.04 bits per heavy atom. The highest BCUT2D eigenvalue weighted by atomic mass is 32.2. The first-order chi connectivity index (χ1) is 11.5. The lowest BCUT2D eigenvalue weighted by Gasteiger charge is -2.21. The zero-order valence-electron chi connectivity index (χ0n) is 12.9. The smallest absolute Gasteiger partial charge is 0.254 e. The quantitative estimate of drug-likeness (QED) is 0.836. The van der Waals surface area contributed by atoms with E-state index in [0.29, 0.717) is 31.6 Å². The molecule has 1 aliphatic heterocycles. The van der Waals surface area contributed by atoms with Gasteiger partial charge >= 0.3 is 0 Å². The summed E-state index contributed by atoms with van der Waals surface area (Å²) < 4.78 is 39.7. The molecular weight excluding hydrogens is 351 g/mol. The number of benzene rings is 1. The number of carbonyl (C=O) groups excluding carboxylic acids is 1. The van der Waals surface area contributed by atoms with Gasteiger partial charge in [0.15, 0.2) is 0 Å². The SMILES string of the molecule is O=C(c1ccsc1)N1CCCN(S(=O)(=O)c2ccc(F)cc2)CC1. The van der Waals surface area contributed by atoms with Crippen LogP contribution in [-0.4, -0.2) is 49.7 Å². The summed E-state index contributed by atoms with van der Waals surface area (Å²) in [6, 6.07) is 6.58. The van der Waals surface area contributed by atoms with Crippen LogP contribution in [-0.2, 0) is 10.0 Å². The molecule has 0 radical (unpaired) electrons. The number of halogens is 1. The molecule has 2 aromatic rings. The number of carbonyl (C=O) groups is 1. The maximum Gasteiger partial charge on any atom is 0.254 e. The molecule has 0 bridgehead atoms. The van der Waals surface area contributed by atoms with E-state index in [9.17, 15) is 17.6 Å². The van der Waals surface area contributed by atoms with Gasteiger partial charge in [-0.25, -0.2) is 12.8 Å². The van der Waals surface area contributed by atoms with E-state index in [1.54, 1.807) is 16.3 Å². The number of nitrogens with zero attached hydrogens (tertiary/aromatic N) is 2. The van der Waals surface area contributed by atoms with Gasteiger partial charge in [0.05, 0.1) is 10.5 Å². The summed E-state index contributed by atoms with van der Waals surface area (Å²) in [5.74, 6) is -0.547. The molecule has 0 aliphatic carbocycles. The number of hydrogen-bond acceptors (Lipinski definition) is 4. The van der Waals surface area contributed by atoms with Crippen molar-refractivity contribution in [3.63, 3.8) is 0 Å². The van der Waals surface area contributed by atoms with Crippen molar-refractivity contribution in [2.45, 2.75) is 11.3 Å². The van der Waals surface area contributed by atoms with E-state index in [0.717, 1.165) is 12.1 Å². The first-order valence-electron chi connectivity index (χ1n) is 7.56. The molecule has 0 spiro atoms. The van der Waals surface area contributed by atoms with Crippen LogP contribution in [0.4, 0.5) is 4.39 Å². The van der Waals surface area contributed by atoms with Gasteiger partial charge in [-0.05, 0) is 42.1 Å². The van der Waals surface area contributed by atoms with Gasteiger partial charge in [-0.1, -0.05) is 0 Å². The molecule has 5 nitrogen and oxygen atoms in total. The minimum Gasteiger partial charge on any atom is -0.337 e. The molecule has 128 valence electrons. The van der Waals surface area contributed by atoms with E-state index < -0.39 is 15.8 Å². The molecule has 0 saturated carbocycles. The Morgan fingerprint density at radius 2 is 1.79 bits per heavy atom. The zero-order valence-corrected chi connectivity index (χ0v) is 14.5. The summed E-state index contributed by atoms with van der Waals surface area (Å²) in [6.45, 7) is 1.43. The molecule has 2 heterocycles. The van der Waals surface area contributed by atoms with Gasteiger partial charge in [0.2, 0.25) is 10.0 Å². The minimum atomic E-state index is -3.67. The molecule has 1 fully saturated rings. The molecule has 1 aromatic heterocycles. The van der Waals surface area contributed by atoms with Crippen LogP contribution in [0, 0.1) is 5.82 Å². The fourth-order valence-corrected chi connectivity index (χ4v) is 4.76. The standard InChI is InChI=1S/C16H17FN2O3S2/c17-14-2-4-15(5-3-14)24(21,22)19-8-1-7-18(9-10-19)16(20)13-6-11-23-12-13/h2-6,11-12H,1,7-10H2. The predicted molar refractivity (Wildman–Crippen MR) is 90.0 cm³/mol. The number of hydrogen-bond donors (Lipinski definition) is 0. The number of sulfonamides is 1. The molecule has 1 aliphatic rings. The Hall–Kier alpha value is -1.77. The predicted octanol–water partition coefficient (Wildman–Crippen LogP) is 2.42. The number of thiophene rings is 1. The molecule has 0 unspecified atom stereocenters. The van der Waals surface area contributed by atoms with Gasteiger partial charge in [0, 0.05) is 31.6 Å². The Bertz CT molecular complexity index is 804. The lowest BCUT2D eigenvalue weighted by atomic mass is 10.3. The second kappa shape index (κ2) is 7.00. The molecule has 0 atom stereocenters. The van der Waals surface area contributed by atoms with E-state index >= 15 is 0 Å². The van der Waals surface area contributed by atoms with Gasteiger partial charge < -0.3 is 4.90 Å². The first kappa shape index (κ1) is 17.1. The molecule has 1 aromatic carbocycles. The molecule has 1 saturated heterocycles. The van der Waals surface area contributed by atoms with Crippen LogP contribution in [0.3, 0.4) is 0 Å². The van der Waals surface area contributed by atoms with Gasteiger partial charge in [0.1, 0.15) is 5.82 Å². The van der Waals surface area contributed by atoms with Crippen molar-refractivity contribution in [1.29, 1.82) is 0 Å². The highest BCUT2D eigenvalue weighted by molar-refractivity contribution is 7.89. The lowest BCUT2D eigenvalue weighted by Crippen LogP contribution is -2.37. The summed E-state index contributed by atoms with van der Waals surface area (Å²) in [6.07, 6.45) is 0.566. The Balaban J connectivity index is 1.73. The van der Waals surface area contributed by atoms with Crippen molar-refractivity contribution in [2.75, 3.05) is 26.2 Å². The van der Waals surface area contributed by atoms with Gasteiger partial charge in [-0.2, -0.15) is 15.6 Å². The van der Waals surface area contributed by atoms with Crippen molar-refractivity contribution < 1.29 is 17.6 Å². The second-order valence-corrected chi connectivity index (χ2v) is 8.23.